The minimum Gasteiger partial charge on any atom is -0.347 e. The number of carbonyl (C=O) groups excluding carboxylic acids is 2. The number of carbonyl (C=O) groups is 2. The van der Waals surface area contributed by atoms with E-state index in [1.54, 1.807) is 23.4 Å². The van der Waals surface area contributed by atoms with Gasteiger partial charge in [-0.2, -0.15) is 13.2 Å². The highest BCUT2D eigenvalue weighted by molar-refractivity contribution is 5.99. The molecule has 0 unspecified atom stereocenters. The first-order valence-corrected chi connectivity index (χ1v) is 12.8. The molecule has 0 bridgehead atoms. The van der Waals surface area contributed by atoms with Crippen LogP contribution in [0.1, 0.15) is 44.9 Å². The summed E-state index contributed by atoms with van der Waals surface area (Å²) < 4.78 is 41.0. The van der Waals surface area contributed by atoms with Crippen molar-refractivity contribution in [2.24, 2.45) is 0 Å². The molecule has 1 fully saturated rings. The van der Waals surface area contributed by atoms with Gasteiger partial charge in [-0.05, 0) is 62.2 Å². The largest absolute Gasteiger partial charge is 0.456 e. The summed E-state index contributed by atoms with van der Waals surface area (Å²) in [6, 6.07) is 8.51. The lowest BCUT2D eigenvalue weighted by Gasteiger charge is -2.50. The van der Waals surface area contributed by atoms with Gasteiger partial charge in [-0.3, -0.25) is 14.5 Å². The maximum absolute atomic E-state index is 13.4. The third-order valence-corrected chi connectivity index (χ3v) is 8.04. The van der Waals surface area contributed by atoms with Gasteiger partial charge in [-0.25, -0.2) is 9.97 Å². The molecule has 4 heterocycles. The lowest BCUT2D eigenvalue weighted by Crippen LogP contribution is -2.56. The van der Waals surface area contributed by atoms with E-state index in [2.05, 4.69) is 14.9 Å². The van der Waals surface area contributed by atoms with Crippen LogP contribution in [0.3, 0.4) is 0 Å². The number of ketones is 1. The summed E-state index contributed by atoms with van der Waals surface area (Å²) in [7, 11) is 5.70. The van der Waals surface area contributed by atoms with E-state index in [4.69, 9.17) is 0 Å². The third kappa shape index (κ3) is 4.69. The van der Waals surface area contributed by atoms with Gasteiger partial charge in [0.1, 0.15) is 0 Å². The highest BCUT2D eigenvalue weighted by Gasteiger charge is 2.47. The predicted octanol–water partition coefficient (Wildman–Crippen LogP) is 4.14. The Morgan fingerprint density at radius 2 is 1.64 bits per heavy atom. The minimum absolute atomic E-state index is 0.0829. The molecule has 39 heavy (non-hydrogen) atoms. The van der Waals surface area contributed by atoms with Crippen molar-refractivity contribution in [3.8, 4) is 11.1 Å². The molecule has 2 aromatic heterocycles. The molecule has 1 saturated heterocycles. The van der Waals surface area contributed by atoms with Crippen LogP contribution in [-0.4, -0.2) is 83.0 Å². The van der Waals surface area contributed by atoms with Crippen LogP contribution in [0.5, 0.6) is 0 Å². The standard InChI is InChI=1S/C28H31F3N6O2/c1-18-15-19(5-6-21(18)20-16-32-26(33-17-20)34(2)3)25(39)36-11-9-27(10-12-36)23-8-7-22(24(38)28(29,30)31)37(23)14-13-35(27)4/h5-8,15-17H,9-14H2,1-4H3. The summed E-state index contributed by atoms with van der Waals surface area (Å²) in [5.41, 5.74) is 3.18. The molecular weight excluding hydrogens is 509 g/mol. The number of benzene rings is 1. The number of piperidine rings is 1. The smallest absolute Gasteiger partial charge is 0.347 e. The molecule has 1 aromatic carbocycles. The SMILES string of the molecule is Cc1cc(C(=O)N2CCC3(CC2)c2ccc(C(=O)C(F)(F)F)n2CCN3C)ccc1-c1cnc(N(C)C)nc1. The Hall–Kier alpha value is -3.73. The number of hydrogen-bond donors (Lipinski definition) is 0. The van der Waals surface area contributed by atoms with E-state index in [0.29, 0.717) is 56.2 Å². The number of anilines is 1. The summed E-state index contributed by atoms with van der Waals surface area (Å²) in [4.78, 5) is 40.0. The zero-order valence-electron chi connectivity index (χ0n) is 22.4. The van der Waals surface area contributed by atoms with E-state index in [1.807, 2.05) is 51.2 Å². The lowest BCUT2D eigenvalue weighted by molar-refractivity contribution is -0.0892. The second kappa shape index (κ2) is 9.78. The fraction of sp³-hybridized carbons (Fsp3) is 0.429. The van der Waals surface area contributed by atoms with E-state index in [9.17, 15) is 22.8 Å². The summed E-state index contributed by atoms with van der Waals surface area (Å²) in [5.74, 6) is -1.29. The van der Waals surface area contributed by atoms with Gasteiger partial charge in [0, 0.05) is 69.5 Å². The molecule has 1 spiro atoms. The molecule has 0 N–H and O–H groups in total. The number of nitrogens with zero attached hydrogens (tertiary/aromatic N) is 6. The molecule has 5 rings (SSSR count). The average molecular weight is 541 g/mol. The van der Waals surface area contributed by atoms with Crippen LogP contribution in [0.4, 0.5) is 19.1 Å². The second-order valence-electron chi connectivity index (χ2n) is 10.5. The highest BCUT2D eigenvalue weighted by atomic mass is 19.4. The van der Waals surface area contributed by atoms with E-state index >= 15 is 0 Å². The van der Waals surface area contributed by atoms with E-state index in [1.165, 1.54) is 10.6 Å². The van der Waals surface area contributed by atoms with Crippen LogP contribution < -0.4 is 4.90 Å². The van der Waals surface area contributed by atoms with Gasteiger partial charge in [0.15, 0.2) is 0 Å². The Kier molecular flexibility index (Phi) is 6.74. The Balaban J connectivity index is 1.33. The van der Waals surface area contributed by atoms with Gasteiger partial charge in [0.2, 0.25) is 5.95 Å². The topological polar surface area (TPSA) is 74.6 Å². The molecule has 0 atom stereocenters. The Morgan fingerprint density at radius 1 is 0.974 bits per heavy atom. The maximum atomic E-state index is 13.4. The number of likely N-dealkylation sites (tertiary alicyclic amines) is 1. The molecular formula is C28H31F3N6O2. The first-order valence-electron chi connectivity index (χ1n) is 12.8. The third-order valence-electron chi connectivity index (χ3n) is 8.04. The van der Waals surface area contributed by atoms with Gasteiger partial charge in [0.25, 0.3) is 11.7 Å². The Morgan fingerprint density at radius 3 is 2.23 bits per heavy atom. The number of amides is 1. The first-order chi connectivity index (χ1) is 18.4. The number of Topliss-reactive ketones (excluding diaryl/α,β-unsaturated/α-hetero) is 1. The van der Waals surface area contributed by atoms with Crippen LogP contribution in [0.15, 0.2) is 42.7 Å². The van der Waals surface area contributed by atoms with Crippen LogP contribution in [-0.2, 0) is 12.1 Å². The summed E-state index contributed by atoms with van der Waals surface area (Å²) >= 11 is 0. The van der Waals surface area contributed by atoms with Crippen molar-refractivity contribution in [1.82, 2.24) is 24.3 Å². The van der Waals surface area contributed by atoms with E-state index in [0.717, 1.165) is 16.7 Å². The van der Waals surface area contributed by atoms with E-state index < -0.39 is 17.5 Å². The first kappa shape index (κ1) is 26.9. The number of aryl methyl sites for hydroxylation is 1. The molecule has 11 heteroatoms. The number of hydrogen-bond acceptors (Lipinski definition) is 6. The number of rotatable bonds is 4. The Bertz CT molecular complexity index is 1410. The number of aromatic nitrogens is 3. The Labute approximate surface area is 225 Å². The van der Waals surface area contributed by atoms with Crippen molar-refractivity contribution in [2.45, 2.75) is 38.0 Å². The molecule has 0 radical (unpaired) electrons. The van der Waals surface area contributed by atoms with Gasteiger partial charge in [-0.15, -0.1) is 0 Å². The number of fused-ring (bicyclic) bond motifs is 2. The number of halogens is 3. The molecule has 3 aromatic rings. The zero-order chi connectivity index (χ0) is 28.1. The predicted molar refractivity (Wildman–Crippen MR) is 141 cm³/mol. The summed E-state index contributed by atoms with van der Waals surface area (Å²) in [5, 5.41) is 0. The quantitative estimate of drug-likeness (QED) is 0.463. The van der Waals surface area contributed by atoms with Crippen molar-refractivity contribution >= 4 is 17.6 Å². The monoisotopic (exact) mass is 540 g/mol. The van der Waals surface area contributed by atoms with Crippen LogP contribution in [0.25, 0.3) is 11.1 Å². The van der Waals surface area contributed by atoms with Crippen molar-refractivity contribution < 1.29 is 22.8 Å². The number of alkyl halides is 3. The second-order valence-corrected chi connectivity index (χ2v) is 10.5. The fourth-order valence-corrected chi connectivity index (χ4v) is 5.83. The molecule has 1 amide bonds. The summed E-state index contributed by atoms with van der Waals surface area (Å²) in [6.07, 6.45) is -0.268. The average Bonchev–Trinajstić information content (AvgIpc) is 3.35. The van der Waals surface area contributed by atoms with Crippen LogP contribution in [0, 0.1) is 6.92 Å². The van der Waals surface area contributed by atoms with Gasteiger partial charge < -0.3 is 14.4 Å². The lowest BCUT2D eigenvalue weighted by atomic mass is 9.81. The molecule has 2 aliphatic heterocycles. The van der Waals surface area contributed by atoms with Gasteiger partial charge in [0.05, 0.1) is 11.2 Å². The molecule has 8 nitrogen and oxygen atoms in total. The highest BCUT2D eigenvalue weighted by Crippen LogP contribution is 2.42. The van der Waals surface area contributed by atoms with Crippen LogP contribution >= 0.6 is 0 Å². The molecule has 0 aliphatic carbocycles. The molecule has 206 valence electrons. The normalized spacial score (nSPS) is 17.3. The van der Waals surface area contributed by atoms with Crippen molar-refractivity contribution in [1.29, 1.82) is 0 Å². The molecule has 2 aliphatic rings. The maximum Gasteiger partial charge on any atom is 0.456 e. The number of likely N-dealkylation sites (N-methyl/N-ethyl adjacent to an activating group) is 1. The van der Waals surface area contributed by atoms with Crippen molar-refractivity contribution in [3.05, 3.63) is 65.2 Å². The van der Waals surface area contributed by atoms with Crippen molar-refractivity contribution in [3.63, 3.8) is 0 Å². The van der Waals surface area contributed by atoms with Gasteiger partial charge >= 0.3 is 6.18 Å². The van der Waals surface area contributed by atoms with Gasteiger partial charge in [-0.1, -0.05) is 6.07 Å². The fourth-order valence-electron chi connectivity index (χ4n) is 5.83. The van der Waals surface area contributed by atoms with Crippen molar-refractivity contribution in [2.75, 3.05) is 45.7 Å². The van der Waals surface area contributed by atoms with E-state index in [-0.39, 0.29) is 11.6 Å². The minimum atomic E-state index is -4.92. The summed E-state index contributed by atoms with van der Waals surface area (Å²) in [6.45, 7) is 3.69. The zero-order valence-corrected chi connectivity index (χ0v) is 22.4. The van der Waals surface area contributed by atoms with Crippen LogP contribution in [0.2, 0.25) is 0 Å². The molecule has 0 saturated carbocycles.